The average molecular weight is 439 g/mol. The smallest absolute Gasteiger partial charge is 0.259 e. The highest BCUT2D eigenvalue weighted by Gasteiger charge is 2.38. The van der Waals surface area contributed by atoms with Gasteiger partial charge in [-0.15, -0.1) is 0 Å². The Balaban J connectivity index is 1.42. The number of rotatable bonds is 5. The molecule has 3 heterocycles. The number of oxime groups is 1. The maximum absolute atomic E-state index is 13.4. The van der Waals surface area contributed by atoms with Crippen molar-refractivity contribution in [1.29, 1.82) is 0 Å². The molecule has 0 N–H and O–H groups in total. The van der Waals surface area contributed by atoms with Crippen LogP contribution in [0.2, 0.25) is 0 Å². The van der Waals surface area contributed by atoms with Crippen LogP contribution in [0, 0.1) is 0 Å². The highest BCUT2D eigenvalue weighted by atomic mass is 16.6. The van der Waals surface area contributed by atoms with Crippen LogP contribution in [0.3, 0.4) is 0 Å². The van der Waals surface area contributed by atoms with Crippen molar-refractivity contribution in [1.82, 2.24) is 20.0 Å². The van der Waals surface area contributed by atoms with E-state index in [9.17, 15) is 4.79 Å². The van der Waals surface area contributed by atoms with E-state index in [0.29, 0.717) is 30.2 Å². The summed E-state index contributed by atoms with van der Waals surface area (Å²) in [6.45, 7) is 0.328. The number of nitrogens with zero attached hydrogens (tertiary/aromatic N) is 5. The maximum atomic E-state index is 13.4. The number of benzene rings is 2. The summed E-state index contributed by atoms with van der Waals surface area (Å²) in [5, 5.41) is 8.22. The fraction of sp³-hybridized carbons (Fsp3) is 0.160. The Morgan fingerprint density at radius 3 is 2.52 bits per heavy atom. The van der Waals surface area contributed by atoms with Crippen LogP contribution >= 0.6 is 0 Å². The van der Waals surface area contributed by atoms with Gasteiger partial charge in [-0.1, -0.05) is 52.8 Å². The van der Waals surface area contributed by atoms with Crippen molar-refractivity contribution in [2.24, 2.45) is 5.16 Å². The van der Waals surface area contributed by atoms with E-state index in [1.807, 2.05) is 60.7 Å². The highest BCUT2D eigenvalue weighted by Crippen LogP contribution is 2.32. The van der Waals surface area contributed by atoms with Gasteiger partial charge in [0.2, 0.25) is 0 Å². The molecule has 8 nitrogen and oxygen atoms in total. The zero-order valence-corrected chi connectivity index (χ0v) is 18.0. The van der Waals surface area contributed by atoms with E-state index in [-0.39, 0.29) is 5.91 Å². The predicted octanol–water partition coefficient (Wildman–Crippen LogP) is 4.39. The summed E-state index contributed by atoms with van der Waals surface area (Å²) in [5.74, 6) is 0.646. The van der Waals surface area contributed by atoms with Crippen LogP contribution in [-0.4, -0.2) is 45.3 Å². The molecule has 0 bridgehead atoms. The summed E-state index contributed by atoms with van der Waals surface area (Å²) < 4.78 is 5.45. The molecule has 0 saturated carbocycles. The Morgan fingerprint density at radius 2 is 1.79 bits per heavy atom. The second kappa shape index (κ2) is 9.04. The van der Waals surface area contributed by atoms with E-state index in [1.165, 1.54) is 7.11 Å². The number of amides is 1. The van der Waals surface area contributed by atoms with Crippen molar-refractivity contribution in [2.75, 3.05) is 13.7 Å². The van der Waals surface area contributed by atoms with Crippen LogP contribution < -0.4 is 0 Å². The number of carbonyl (C=O) groups excluding carboxylic acids is 1. The molecule has 1 atom stereocenters. The molecule has 1 aliphatic rings. The second-order valence-corrected chi connectivity index (χ2v) is 7.64. The maximum Gasteiger partial charge on any atom is 0.259 e. The zero-order valence-electron chi connectivity index (χ0n) is 18.0. The third kappa shape index (κ3) is 4.23. The third-order valence-electron chi connectivity index (χ3n) is 5.53. The molecule has 8 heteroatoms. The normalized spacial score (nSPS) is 16.8. The van der Waals surface area contributed by atoms with Gasteiger partial charge in [-0.3, -0.25) is 9.78 Å². The van der Waals surface area contributed by atoms with Gasteiger partial charge in [0.15, 0.2) is 5.82 Å². The lowest BCUT2D eigenvalue weighted by molar-refractivity contribution is 0.0732. The van der Waals surface area contributed by atoms with Gasteiger partial charge in [0, 0.05) is 24.4 Å². The number of aromatic nitrogens is 3. The monoisotopic (exact) mass is 439 g/mol. The molecule has 1 aliphatic heterocycles. The number of pyridine rings is 1. The van der Waals surface area contributed by atoms with Gasteiger partial charge < -0.3 is 14.3 Å². The fourth-order valence-electron chi connectivity index (χ4n) is 3.92. The lowest BCUT2D eigenvalue weighted by Gasteiger charge is -2.21. The van der Waals surface area contributed by atoms with Crippen LogP contribution in [0.15, 0.2) is 88.8 Å². The van der Waals surface area contributed by atoms with Crippen molar-refractivity contribution in [3.8, 4) is 22.6 Å². The Labute approximate surface area is 190 Å². The molecule has 5 rings (SSSR count). The minimum atomic E-state index is -0.408. The van der Waals surface area contributed by atoms with Crippen LogP contribution in [0.25, 0.3) is 22.6 Å². The quantitative estimate of drug-likeness (QED) is 0.428. The Kier molecular flexibility index (Phi) is 5.63. The van der Waals surface area contributed by atoms with Gasteiger partial charge in [0.1, 0.15) is 13.2 Å². The van der Waals surface area contributed by atoms with Gasteiger partial charge in [0.25, 0.3) is 11.8 Å². The molecule has 2 aromatic heterocycles. The molecule has 1 saturated heterocycles. The van der Waals surface area contributed by atoms with Crippen LogP contribution in [0.4, 0.5) is 0 Å². The SMILES string of the molecule is CON=C1CC(c2noc(-c3cccnc3)n2)N(C(=O)c2ccc(-c3ccccc3)cc2)C1. The molecule has 1 unspecified atom stereocenters. The summed E-state index contributed by atoms with van der Waals surface area (Å²) in [6, 6.07) is 20.8. The van der Waals surface area contributed by atoms with E-state index in [4.69, 9.17) is 9.36 Å². The topological polar surface area (TPSA) is 93.7 Å². The van der Waals surface area contributed by atoms with Gasteiger partial charge in [-0.25, -0.2) is 0 Å². The molecule has 1 fully saturated rings. The number of hydrogen-bond donors (Lipinski definition) is 0. The minimum Gasteiger partial charge on any atom is -0.399 e. The predicted molar refractivity (Wildman–Crippen MR) is 122 cm³/mol. The first-order valence-electron chi connectivity index (χ1n) is 10.5. The molecule has 2 aromatic carbocycles. The molecule has 164 valence electrons. The molecular formula is C25H21N5O3. The van der Waals surface area contributed by atoms with E-state index in [1.54, 1.807) is 23.4 Å². The molecule has 0 spiro atoms. The molecule has 0 radical (unpaired) electrons. The Hall–Kier alpha value is -4.33. The van der Waals surface area contributed by atoms with Crippen LogP contribution in [0.1, 0.15) is 28.6 Å². The summed E-state index contributed by atoms with van der Waals surface area (Å²) in [5.41, 5.74) is 4.18. The lowest BCUT2D eigenvalue weighted by atomic mass is 10.0. The van der Waals surface area contributed by atoms with Crippen molar-refractivity contribution in [3.63, 3.8) is 0 Å². The zero-order chi connectivity index (χ0) is 22.6. The summed E-state index contributed by atoms with van der Waals surface area (Å²) in [4.78, 5) is 28.7. The van der Waals surface area contributed by atoms with Crippen molar-refractivity contribution < 1.29 is 14.2 Å². The molecule has 4 aromatic rings. The number of hydrogen-bond acceptors (Lipinski definition) is 7. The van der Waals surface area contributed by atoms with Crippen LogP contribution in [-0.2, 0) is 4.84 Å². The first-order chi connectivity index (χ1) is 16.2. The van der Waals surface area contributed by atoms with Gasteiger partial charge >= 0.3 is 0 Å². The third-order valence-corrected chi connectivity index (χ3v) is 5.53. The Bertz CT molecular complexity index is 1270. The minimum absolute atomic E-state index is 0.131. The van der Waals surface area contributed by atoms with E-state index < -0.39 is 6.04 Å². The molecular weight excluding hydrogens is 418 g/mol. The highest BCUT2D eigenvalue weighted by molar-refractivity contribution is 6.00. The second-order valence-electron chi connectivity index (χ2n) is 7.64. The van der Waals surface area contributed by atoms with E-state index >= 15 is 0 Å². The van der Waals surface area contributed by atoms with Gasteiger partial charge in [0.05, 0.1) is 17.8 Å². The van der Waals surface area contributed by atoms with E-state index in [0.717, 1.165) is 22.4 Å². The average Bonchev–Trinajstić information content (AvgIpc) is 3.53. The van der Waals surface area contributed by atoms with E-state index in [2.05, 4.69) is 20.3 Å². The number of carbonyl (C=O) groups is 1. The lowest BCUT2D eigenvalue weighted by Crippen LogP contribution is -2.31. The van der Waals surface area contributed by atoms with Gasteiger partial charge in [-0.05, 0) is 35.4 Å². The van der Waals surface area contributed by atoms with Gasteiger partial charge in [-0.2, -0.15) is 4.98 Å². The number of likely N-dealkylation sites (tertiary alicyclic amines) is 1. The van der Waals surface area contributed by atoms with Crippen molar-refractivity contribution in [3.05, 3.63) is 90.5 Å². The first-order valence-corrected chi connectivity index (χ1v) is 10.5. The Morgan fingerprint density at radius 1 is 1.03 bits per heavy atom. The standard InChI is InChI=1S/C25H21N5O3/c1-32-28-21-14-22(23-27-24(33-29-23)20-8-5-13-26-15-20)30(16-21)25(31)19-11-9-18(10-12-19)17-6-3-2-4-7-17/h2-13,15,22H,14,16H2,1H3. The summed E-state index contributed by atoms with van der Waals surface area (Å²) in [7, 11) is 1.49. The van der Waals surface area contributed by atoms with Crippen LogP contribution in [0.5, 0.6) is 0 Å². The fourth-order valence-corrected chi connectivity index (χ4v) is 3.92. The first kappa shape index (κ1) is 20.6. The summed E-state index contributed by atoms with van der Waals surface area (Å²) >= 11 is 0. The molecule has 33 heavy (non-hydrogen) atoms. The van der Waals surface area contributed by atoms with Crippen molar-refractivity contribution >= 4 is 11.6 Å². The van der Waals surface area contributed by atoms with Crippen molar-refractivity contribution in [2.45, 2.75) is 12.5 Å². The molecule has 0 aliphatic carbocycles. The largest absolute Gasteiger partial charge is 0.399 e. The summed E-state index contributed by atoms with van der Waals surface area (Å²) in [6.07, 6.45) is 3.80. The molecule has 1 amide bonds.